The molecule has 0 radical (unpaired) electrons. The average Bonchev–Trinajstić information content (AvgIpc) is 2.83. The molecule has 0 aliphatic heterocycles. The number of rotatable bonds is 6. The third-order valence-corrected chi connectivity index (χ3v) is 3.39. The molecule has 0 saturated carbocycles. The third-order valence-electron chi connectivity index (χ3n) is 3.39. The molecule has 1 aromatic heterocycles. The van der Waals surface area contributed by atoms with E-state index in [0.29, 0.717) is 5.92 Å². The smallest absolute Gasteiger partial charge is 0.0526 e. The molecular formula is C18H24N2. The van der Waals surface area contributed by atoms with Gasteiger partial charge in [0.1, 0.15) is 0 Å². The van der Waals surface area contributed by atoms with Crippen LogP contribution in [0.4, 0.5) is 0 Å². The van der Waals surface area contributed by atoms with Crippen LogP contribution in [0, 0.1) is 17.8 Å². The quantitative estimate of drug-likeness (QED) is 0.789. The number of aryl methyl sites for hydroxylation is 1. The summed E-state index contributed by atoms with van der Waals surface area (Å²) in [5.41, 5.74) is 2.72. The first-order chi connectivity index (χ1) is 9.72. The fraction of sp³-hybridized carbons (Fsp3) is 0.444. The van der Waals surface area contributed by atoms with E-state index in [1.165, 1.54) is 16.5 Å². The molecule has 2 aromatic rings. The van der Waals surface area contributed by atoms with Crippen LogP contribution in [-0.4, -0.2) is 11.1 Å². The van der Waals surface area contributed by atoms with Gasteiger partial charge in [0.05, 0.1) is 5.52 Å². The van der Waals surface area contributed by atoms with Gasteiger partial charge in [0.15, 0.2) is 0 Å². The van der Waals surface area contributed by atoms with E-state index < -0.39 is 0 Å². The van der Waals surface area contributed by atoms with E-state index in [2.05, 4.69) is 66.0 Å². The van der Waals surface area contributed by atoms with Gasteiger partial charge in [-0.05, 0) is 36.4 Å². The molecule has 20 heavy (non-hydrogen) atoms. The fourth-order valence-electron chi connectivity index (χ4n) is 2.47. The van der Waals surface area contributed by atoms with E-state index in [0.717, 1.165) is 26.1 Å². The molecule has 0 atom stereocenters. The van der Waals surface area contributed by atoms with Gasteiger partial charge in [-0.25, -0.2) is 0 Å². The van der Waals surface area contributed by atoms with Gasteiger partial charge in [-0.2, -0.15) is 0 Å². The van der Waals surface area contributed by atoms with Crippen LogP contribution in [0.2, 0.25) is 0 Å². The largest absolute Gasteiger partial charge is 0.346 e. The number of fused-ring (bicyclic) bond motifs is 1. The normalized spacial score (nSPS) is 10.8. The van der Waals surface area contributed by atoms with E-state index in [-0.39, 0.29) is 0 Å². The van der Waals surface area contributed by atoms with Crippen LogP contribution in [0.15, 0.2) is 30.5 Å². The lowest BCUT2D eigenvalue weighted by Crippen LogP contribution is -2.19. The summed E-state index contributed by atoms with van der Waals surface area (Å²) in [5, 5.41) is 4.85. The summed E-state index contributed by atoms with van der Waals surface area (Å²) in [5.74, 6) is 6.79. The van der Waals surface area contributed by atoms with Crippen molar-refractivity contribution in [3.05, 3.63) is 36.0 Å². The Balaban J connectivity index is 2.19. The fourth-order valence-corrected chi connectivity index (χ4v) is 2.47. The zero-order chi connectivity index (χ0) is 14.4. The molecule has 0 unspecified atom stereocenters. The minimum Gasteiger partial charge on any atom is -0.346 e. The zero-order valence-corrected chi connectivity index (χ0v) is 12.7. The van der Waals surface area contributed by atoms with Crippen LogP contribution in [0.3, 0.4) is 0 Å². The highest BCUT2D eigenvalue weighted by Gasteiger charge is 2.06. The first kappa shape index (κ1) is 14.7. The Labute approximate surface area is 122 Å². The summed E-state index contributed by atoms with van der Waals surface area (Å²) in [6.07, 6.45) is 3.09. The van der Waals surface area contributed by atoms with E-state index in [1.807, 2.05) is 6.92 Å². The highest BCUT2D eigenvalue weighted by molar-refractivity contribution is 5.83. The van der Waals surface area contributed by atoms with E-state index in [9.17, 15) is 0 Å². The molecule has 1 N–H and O–H groups in total. The first-order valence-corrected chi connectivity index (χ1v) is 7.39. The standard InChI is InChI=1S/C18H24N2/c1-4-5-6-11-20-12-10-16-8-7-9-17(18(16)20)14-19-13-15(2)3/h7-10,12,15,19H,6,11,13-14H2,1-3H3. The maximum Gasteiger partial charge on any atom is 0.0526 e. The molecule has 2 nitrogen and oxygen atoms in total. The minimum absolute atomic E-state index is 0.681. The molecule has 2 rings (SSSR count). The minimum atomic E-state index is 0.681. The van der Waals surface area contributed by atoms with Crippen molar-refractivity contribution in [1.82, 2.24) is 9.88 Å². The molecule has 0 aliphatic carbocycles. The molecular weight excluding hydrogens is 244 g/mol. The monoisotopic (exact) mass is 268 g/mol. The number of hydrogen-bond acceptors (Lipinski definition) is 1. The Morgan fingerprint density at radius 1 is 1.25 bits per heavy atom. The van der Waals surface area contributed by atoms with Crippen LogP contribution in [0.1, 0.15) is 32.8 Å². The maximum absolute atomic E-state index is 3.54. The van der Waals surface area contributed by atoms with Crippen LogP contribution in [0.5, 0.6) is 0 Å². The second-order valence-electron chi connectivity index (χ2n) is 5.57. The van der Waals surface area contributed by atoms with Crippen LogP contribution < -0.4 is 5.32 Å². The molecule has 0 spiro atoms. The van der Waals surface area contributed by atoms with Crippen molar-refractivity contribution in [2.45, 2.75) is 40.3 Å². The molecule has 0 bridgehead atoms. The summed E-state index contributed by atoms with van der Waals surface area (Å²) < 4.78 is 2.33. The lowest BCUT2D eigenvalue weighted by Gasteiger charge is -2.11. The predicted molar refractivity (Wildman–Crippen MR) is 86.5 cm³/mol. The van der Waals surface area contributed by atoms with Gasteiger partial charge in [-0.15, -0.1) is 11.8 Å². The Morgan fingerprint density at radius 3 is 2.85 bits per heavy atom. The highest BCUT2D eigenvalue weighted by atomic mass is 15.0. The summed E-state index contributed by atoms with van der Waals surface area (Å²) >= 11 is 0. The van der Waals surface area contributed by atoms with Crippen LogP contribution in [0.25, 0.3) is 10.9 Å². The molecule has 0 aliphatic rings. The average molecular weight is 268 g/mol. The number of para-hydroxylation sites is 1. The van der Waals surface area contributed by atoms with Crippen molar-refractivity contribution in [3.63, 3.8) is 0 Å². The summed E-state index contributed by atoms with van der Waals surface area (Å²) in [7, 11) is 0. The predicted octanol–water partition coefficient (Wildman–Crippen LogP) is 3.80. The van der Waals surface area contributed by atoms with Crippen LogP contribution >= 0.6 is 0 Å². The maximum atomic E-state index is 3.54. The van der Waals surface area contributed by atoms with E-state index in [4.69, 9.17) is 0 Å². The van der Waals surface area contributed by atoms with Gasteiger partial charge in [-0.3, -0.25) is 0 Å². The van der Waals surface area contributed by atoms with Gasteiger partial charge in [0.25, 0.3) is 0 Å². The Morgan fingerprint density at radius 2 is 2.10 bits per heavy atom. The summed E-state index contributed by atoms with van der Waals surface area (Å²) in [4.78, 5) is 0. The Bertz CT molecular complexity index is 611. The molecule has 2 heteroatoms. The number of hydrogen-bond donors (Lipinski definition) is 1. The Kier molecular flexibility index (Phi) is 5.26. The van der Waals surface area contributed by atoms with Crippen molar-refractivity contribution in [3.8, 4) is 11.8 Å². The van der Waals surface area contributed by atoms with Crippen molar-refractivity contribution in [1.29, 1.82) is 0 Å². The molecule has 106 valence electrons. The van der Waals surface area contributed by atoms with E-state index in [1.54, 1.807) is 0 Å². The highest BCUT2D eigenvalue weighted by Crippen LogP contribution is 2.20. The lowest BCUT2D eigenvalue weighted by molar-refractivity contribution is 0.552. The van der Waals surface area contributed by atoms with Gasteiger partial charge in [-0.1, -0.05) is 32.0 Å². The van der Waals surface area contributed by atoms with Crippen LogP contribution in [-0.2, 0) is 13.1 Å². The number of nitrogens with one attached hydrogen (secondary N) is 1. The van der Waals surface area contributed by atoms with Crippen molar-refractivity contribution in [2.24, 2.45) is 5.92 Å². The van der Waals surface area contributed by atoms with Gasteiger partial charge in [0.2, 0.25) is 0 Å². The van der Waals surface area contributed by atoms with Crippen molar-refractivity contribution >= 4 is 10.9 Å². The topological polar surface area (TPSA) is 17.0 Å². The number of benzene rings is 1. The zero-order valence-electron chi connectivity index (χ0n) is 12.7. The number of nitrogens with zero attached hydrogens (tertiary/aromatic N) is 1. The van der Waals surface area contributed by atoms with Gasteiger partial charge >= 0.3 is 0 Å². The molecule has 0 fully saturated rings. The Hall–Kier alpha value is -1.72. The lowest BCUT2D eigenvalue weighted by atomic mass is 10.1. The van der Waals surface area contributed by atoms with Crippen molar-refractivity contribution in [2.75, 3.05) is 6.54 Å². The molecule has 0 saturated heterocycles. The first-order valence-electron chi connectivity index (χ1n) is 7.39. The second-order valence-corrected chi connectivity index (χ2v) is 5.57. The second kappa shape index (κ2) is 7.17. The molecule has 1 heterocycles. The SMILES string of the molecule is CC#CCCn1ccc2cccc(CNCC(C)C)c21. The summed E-state index contributed by atoms with van der Waals surface area (Å²) in [6, 6.07) is 8.74. The summed E-state index contributed by atoms with van der Waals surface area (Å²) in [6.45, 7) is 9.32. The molecule has 0 amide bonds. The van der Waals surface area contributed by atoms with Crippen molar-refractivity contribution < 1.29 is 0 Å². The van der Waals surface area contributed by atoms with Gasteiger partial charge in [0, 0.05) is 25.7 Å². The third kappa shape index (κ3) is 3.65. The number of aromatic nitrogens is 1. The van der Waals surface area contributed by atoms with Gasteiger partial charge < -0.3 is 9.88 Å². The molecule has 1 aromatic carbocycles. The van der Waals surface area contributed by atoms with E-state index >= 15 is 0 Å².